The number of halogens is 1. The summed E-state index contributed by atoms with van der Waals surface area (Å²) in [5.41, 5.74) is 0.654. The molecule has 88 valence electrons. The van der Waals surface area contributed by atoms with E-state index < -0.39 is 6.09 Å². The number of nitrogens with one attached hydrogen (secondary N) is 1. The molecule has 0 bridgehead atoms. The molecule has 0 unspecified atom stereocenters. The van der Waals surface area contributed by atoms with Gasteiger partial charge in [0.15, 0.2) is 0 Å². The van der Waals surface area contributed by atoms with Gasteiger partial charge in [-0.05, 0) is 24.6 Å². The molecule has 1 rings (SSSR count). The summed E-state index contributed by atoms with van der Waals surface area (Å²) < 4.78 is 17.5. The topological polar surface area (TPSA) is 58.6 Å². The molecule has 2 N–H and O–H groups in total. The van der Waals surface area contributed by atoms with Gasteiger partial charge < -0.3 is 15.2 Å². The van der Waals surface area contributed by atoms with Crippen molar-refractivity contribution in [3.8, 4) is 0 Å². The third-order valence-corrected chi connectivity index (χ3v) is 2.01. The molecule has 0 aliphatic rings. The van der Waals surface area contributed by atoms with E-state index in [-0.39, 0.29) is 25.1 Å². The van der Waals surface area contributed by atoms with Crippen LogP contribution in [-0.2, 0) is 4.74 Å². The maximum absolute atomic E-state index is 12.9. The van der Waals surface area contributed by atoms with E-state index in [2.05, 4.69) is 10.1 Å². The highest BCUT2D eigenvalue weighted by Gasteiger charge is 2.10. The highest BCUT2D eigenvalue weighted by molar-refractivity contribution is 5.67. The fraction of sp³-hybridized carbons (Fsp3) is 0.364. The fourth-order valence-corrected chi connectivity index (χ4v) is 1.22. The van der Waals surface area contributed by atoms with Crippen LogP contribution >= 0.6 is 0 Å². The van der Waals surface area contributed by atoms with E-state index in [1.807, 2.05) is 0 Å². The smallest absolute Gasteiger partial charge is 0.407 e. The van der Waals surface area contributed by atoms with Gasteiger partial charge in [0.2, 0.25) is 0 Å². The molecule has 0 fully saturated rings. The predicted molar refractivity (Wildman–Crippen MR) is 56.4 cm³/mol. The summed E-state index contributed by atoms with van der Waals surface area (Å²) in [4.78, 5) is 11.1. The van der Waals surface area contributed by atoms with Crippen LogP contribution in [0.5, 0.6) is 0 Å². The zero-order valence-electron chi connectivity index (χ0n) is 8.94. The van der Waals surface area contributed by atoms with Gasteiger partial charge in [-0.3, -0.25) is 0 Å². The van der Waals surface area contributed by atoms with Crippen molar-refractivity contribution < 1.29 is 19.0 Å². The third kappa shape index (κ3) is 3.86. The highest BCUT2D eigenvalue weighted by Crippen LogP contribution is 2.13. The number of aliphatic hydroxyl groups excluding tert-OH is 1. The lowest BCUT2D eigenvalue weighted by molar-refractivity contribution is 0.116. The van der Waals surface area contributed by atoms with E-state index in [0.717, 1.165) is 0 Å². The second-order valence-electron chi connectivity index (χ2n) is 3.28. The zero-order valence-corrected chi connectivity index (χ0v) is 8.94. The SMILES string of the molecule is C[C@@H](NC(=O)OCCO)c1cccc(F)c1. The van der Waals surface area contributed by atoms with Gasteiger partial charge in [-0.15, -0.1) is 0 Å². The number of alkyl carbamates (subject to hydrolysis) is 1. The zero-order chi connectivity index (χ0) is 12.0. The Bertz CT molecular complexity index is 357. The van der Waals surface area contributed by atoms with Gasteiger partial charge in [-0.2, -0.15) is 0 Å². The Morgan fingerprint density at radius 2 is 2.38 bits per heavy atom. The number of carbonyl (C=O) groups is 1. The maximum Gasteiger partial charge on any atom is 0.407 e. The minimum atomic E-state index is -0.634. The van der Waals surface area contributed by atoms with Crippen molar-refractivity contribution in [2.75, 3.05) is 13.2 Å². The summed E-state index contributed by atoms with van der Waals surface area (Å²) in [6, 6.07) is 5.61. The number of carbonyl (C=O) groups excluding carboxylic acids is 1. The van der Waals surface area contributed by atoms with Crippen LogP contribution in [0, 0.1) is 5.82 Å². The molecule has 0 aromatic heterocycles. The minimum absolute atomic E-state index is 0.0539. The normalized spacial score (nSPS) is 11.9. The Morgan fingerprint density at radius 3 is 3.00 bits per heavy atom. The Balaban J connectivity index is 2.52. The van der Waals surface area contributed by atoms with Crippen LogP contribution in [0.15, 0.2) is 24.3 Å². The van der Waals surface area contributed by atoms with Crippen molar-refractivity contribution in [1.29, 1.82) is 0 Å². The average Bonchev–Trinajstić information content (AvgIpc) is 2.26. The molecule has 0 aliphatic heterocycles. The summed E-state index contributed by atoms with van der Waals surface area (Å²) in [6.07, 6.45) is -0.634. The average molecular weight is 227 g/mol. The number of aliphatic hydroxyl groups is 1. The molecule has 0 saturated heterocycles. The van der Waals surface area contributed by atoms with E-state index in [9.17, 15) is 9.18 Å². The van der Waals surface area contributed by atoms with E-state index in [1.54, 1.807) is 19.1 Å². The van der Waals surface area contributed by atoms with Crippen molar-refractivity contribution in [3.05, 3.63) is 35.6 Å². The van der Waals surface area contributed by atoms with Crippen molar-refractivity contribution in [2.45, 2.75) is 13.0 Å². The van der Waals surface area contributed by atoms with Crippen molar-refractivity contribution >= 4 is 6.09 Å². The Morgan fingerprint density at radius 1 is 1.62 bits per heavy atom. The van der Waals surface area contributed by atoms with Crippen LogP contribution in [0.1, 0.15) is 18.5 Å². The van der Waals surface area contributed by atoms with Gasteiger partial charge in [-0.1, -0.05) is 12.1 Å². The maximum atomic E-state index is 12.9. The first-order valence-corrected chi connectivity index (χ1v) is 4.93. The fourth-order valence-electron chi connectivity index (χ4n) is 1.22. The molecule has 0 saturated carbocycles. The number of benzene rings is 1. The lowest BCUT2D eigenvalue weighted by Crippen LogP contribution is -2.28. The molecular weight excluding hydrogens is 213 g/mol. The quantitative estimate of drug-likeness (QED) is 0.821. The summed E-state index contributed by atoms with van der Waals surface area (Å²) in [5.74, 6) is -0.352. The molecule has 0 spiro atoms. The molecule has 1 aromatic carbocycles. The summed E-state index contributed by atoms with van der Waals surface area (Å²) in [6.45, 7) is 1.44. The van der Waals surface area contributed by atoms with Crippen LogP contribution in [0.4, 0.5) is 9.18 Å². The lowest BCUT2D eigenvalue weighted by Gasteiger charge is -2.14. The molecule has 1 amide bonds. The lowest BCUT2D eigenvalue weighted by atomic mass is 10.1. The number of amides is 1. The third-order valence-electron chi connectivity index (χ3n) is 2.01. The summed E-state index contributed by atoms with van der Waals surface area (Å²) in [7, 11) is 0. The molecule has 16 heavy (non-hydrogen) atoms. The van der Waals surface area contributed by atoms with Crippen molar-refractivity contribution in [3.63, 3.8) is 0 Å². The molecule has 0 radical (unpaired) electrons. The molecule has 4 nitrogen and oxygen atoms in total. The van der Waals surface area contributed by atoms with E-state index in [4.69, 9.17) is 5.11 Å². The molecule has 0 aliphatic carbocycles. The summed E-state index contributed by atoms with van der Waals surface area (Å²) in [5, 5.41) is 11.0. The van der Waals surface area contributed by atoms with Crippen LogP contribution < -0.4 is 5.32 Å². The molecule has 1 aromatic rings. The molecule has 1 atom stereocenters. The largest absolute Gasteiger partial charge is 0.447 e. The standard InChI is InChI=1S/C11H14FNO3/c1-8(13-11(15)16-6-5-14)9-3-2-4-10(12)7-9/h2-4,7-8,14H,5-6H2,1H3,(H,13,15)/t8-/m1/s1. The number of hydrogen-bond donors (Lipinski definition) is 2. The van der Waals surface area contributed by atoms with E-state index in [0.29, 0.717) is 5.56 Å². The van der Waals surface area contributed by atoms with Gasteiger partial charge in [0.25, 0.3) is 0 Å². The van der Waals surface area contributed by atoms with Crippen molar-refractivity contribution in [2.24, 2.45) is 0 Å². The predicted octanol–water partition coefficient (Wildman–Crippen LogP) is 1.61. The number of rotatable bonds is 4. The Labute approximate surface area is 93.0 Å². The molecular formula is C11H14FNO3. The second-order valence-corrected chi connectivity index (χ2v) is 3.28. The first-order chi connectivity index (χ1) is 7.63. The van der Waals surface area contributed by atoms with Crippen LogP contribution in [-0.4, -0.2) is 24.4 Å². The minimum Gasteiger partial charge on any atom is -0.447 e. The first kappa shape index (κ1) is 12.4. The van der Waals surface area contributed by atoms with E-state index in [1.165, 1.54) is 12.1 Å². The van der Waals surface area contributed by atoms with Gasteiger partial charge in [-0.25, -0.2) is 9.18 Å². The Kier molecular flexibility index (Phi) is 4.72. The van der Waals surface area contributed by atoms with Gasteiger partial charge in [0.05, 0.1) is 12.6 Å². The van der Waals surface area contributed by atoms with Crippen molar-refractivity contribution in [1.82, 2.24) is 5.32 Å². The monoisotopic (exact) mass is 227 g/mol. The second kappa shape index (κ2) is 6.07. The van der Waals surface area contributed by atoms with Gasteiger partial charge >= 0.3 is 6.09 Å². The van der Waals surface area contributed by atoms with Crippen LogP contribution in [0.25, 0.3) is 0 Å². The van der Waals surface area contributed by atoms with Crippen LogP contribution in [0.2, 0.25) is 0 Å². The molecule has 0 heterocycles. The number of ether oxygens (including phenoxy) is 1. The Hall–Kier alpha value is -1.62. The van der Waals surface area contributed by atoms with Gasteiger partial charge in [0.1, 0.15) is 12.4 Å². The van der Waals surface area contributed by atoms with Gasteiger partial charge in [0, 0.05) is 0 Å². The van der Waals surface area contributed by atoms with E-state index >= 15 is 0 Å². The first-order valence-electron chi connectivity index (χ1n) is 4.93. The number of hydrogen-bond acceptors (Lipinski definition) is 3. The highest BCUT2D eigenvalue weighted by atomic mass is 19.1. The molecule has 5 heteroatoms. The summed E-state index contributed by atoms with van der Waals surface area (Å²) >= 11 is 0. The van der Waals surface area contributed by atoms with Crippen LogP contribution in [0.3, 0.4) is 0 Å².